The minimum atomic E-state index is -2.97. The van der Waals surface area contributed by atoms with Crippen molar-refractivity contribution in [3.8, 4) is 5.75 Å². The molecule has 1 N–H and O–H groups in total. The Kier molecular flexibility index (Phi) is 4.47. The molecular formula is C14H21NO3S. The van der Waals surface area contributed by atoms with Gasteiger partial charge >= 0.3 is 0 Å². The smallest absolute Gasteiger partial charge is 0.150 e. The lowest BCUT2D eigenvalue weighted by molar-refractivity contribution is 0.338. The molecule has 1 atom stereocenters. The predicted molar refractivity (Wildman–Crippen MR) is 76.4 cm³/mol. The Bertz CT molecular complexity index is 540. The van der Waals surface area contributed by atoms with Gasteiger partial charge in [0, 0.05) is 12.3 Å². The molecule has 0 saturated carbocycles. The molecule has 1 unspecified atom stereocenters. The topological polar surface area (TPSA) is 55.4 Å². The second-order valence-electron chi connectivity index (χ2n) is 4.95. The first-order valence-electron chi connectivity index (χ1n) is 6.67. The number of ether oxygens (including phenoxy) is 1. The molecule has 0 heterocycles. The first-order chi connectivity index (χ1) is 9.01. The van der Waals surface area contributed by atoms with Gasteiger partial charge in [0.25, 0.3) is 0 Å². The molecule has 5 heteroatoms. The van der Waals surface area contributed by atoms with Gasteiger partial charge in [-0.1, -0.05) is 19.1 Å². The lowest BCUT2D eigenvalue weighted by atomic mass is 10.1. The first kappa shape index (κ1) is 14.3. The van der Waals surface area contributed by atoms with Crippen molar-refractivity contribution in [2.24, 2.45) is 0 Å². The quantitative estimate of drug-likeness (QED) is 0.863. The molecule has 0 bridgehead atoms. The average Bonchev–Trinajstić information content (AvgIpc) is 2.73. The number of sulfone groups is 1. The van der Waals surface area contributed by atoms with Crippen LogP contribution in [-0.2, 0) is 16.3 Å². The SMILES string of the molecule is CCNC1CCc2c(OCCS(C)(=O)=O)cccc21. The highest BCUT2D eigenvalue weighted by molar-refractivity contribution is 7.90. The summed E-state index contributed by atoms with van der Waals surface area (Å²) in [6, 6.07) is 6.43. The average molecular weight is 283 g/mol. The zero-order valence-electron chi connectivity index (χ0n) is 11.5. The van der Waals surface area contributed by atoms with Gasteiger partial charge in [0.15, 0.2) is 9.84 Å². The van der Waals surface area contributed by atoms with Crippen molar-refractivity contribution in [3.05, 3.63) is 29.3 Å². The maximum Gasteiger partial charge on any atom is 0.150 e. The van der Waals surface area contributed by atoms with Crippen LogP contribution in [0.3, 0.4) is 0 Å². The van der Waals surface area contributed by atoms with Gasteiger partial charge in [-0.25, -0.2) is 8.42 Å². The maximum atomic E-state index is 11.1. The number of hydrogen-bond donors (Lipinski definition) is 1. The van der Waals surface area contributed by atoms with Gasteiger partial charge in [-0.15, -0.1) is 0 Å². The second-order valence-corrected chi connectivity index (χ2v) is 7.21. The summed E-state index contributed by atoms with van der Waals surface area (Å²) in [5.41, 5.74) is 2.51. The number of nitrogens with one attached hydrogen (secondary N) is 1. The van der Waals surface area contributed by atoms with Crippen LogP contribution in [0.15, 0.2) is 18.2 Å². The highest BCUT2D eigenvalue weighted by Gasteiger charge is 2.24. The molecule has 0 aliphatic heterocycles. The Morgan fingerprint density at radius 1 is 1.42 bits per heavy atom. The summed E-state index contributed by atoms with van der Waals surface area (Å²) in [5.74, 6) is 0.898. The van der Waals surface area contributed by atoms with Crippen LogP contribution in [-0.4, -0.2) is 33.6 Å². The van der Waals surface area contributed by atoms with E-state index in [2.05, 4.69) is 18.3 Å². The van der Waals surface area contributed by atoms with E-state index >= 15 is 0 Å². The van der Waals surface area contributed by atoms with E-state index in [1.54, 1.807) is 0 Å². The first-order valence-corrected chi connectivity index (χ1v) is 8.73. The molecule has 106 valence electrons. The normalized spacial score (nSPS) is 18.3. The fourth-order valence-corrected chi connectivity index (χ4v) is 2.90. The Morgan fingerprint density at radius 2 is 2.21 bits per heavy atom. The summed E-state index contributed by atoms with van der Waals surface area (Å²) < 4.78 is 27.8. The number of hydrogen-bond acceptors (Lipinski definition) is 4. The Hall–Kier alpha value is -1.07. The van der Waals surface area contributed by atoms with Crippen LogP contribution in [0.5, 0.6) is 5.75 Å². The van der Waals surface area contributed by atoms with E-state index in [9.17, 15) is 8.42 Å². The third-order valence-corrected chi connectivity index (χ3v) is 4.30. The van der Waals surface area contributed by atoms with Crippen molar-refractivity contribution in [2.45, 2.75) is 25.8 Å². The molecule has 0 saturated heterocycles. The highest BCUT2D eigenvalue weighted by Crippen LogP contribution is 2.36. The van der Waals surface area contributed by atoms with Gasteiger partial charge in [-0.3, -0.25) is 0 Å². The van der Waals surface area contributed by atoms with Gasteiger partial charge in [0.05, 0.1) is 5.75 Å². The van der Waals surface area contributed by atoms with Crippen molar-refractivity contribution in [3.63, 3.8) is 0 Å². The standard InChI is InChI=1S/C14H21NO3S/c1-3-15-13-8-7-12-11(13)5-4-6-14(12)18-9-10-19(2,16)17/h4-6,13,15H,3,7-10H2,1-2H3. The fraction of sp³-hybridized carbons (Fsp3) is 0.571. The molecule has 4 nitrogen and oxygen atoms in total. The molecule has 1 aromatic carbocycles. The van der Waals surface area contributed by atoms with Crippen LogP contribution in [0.2, 0.25) is 0 Å². The van der Waals surface area contributed by atoms with Crippen molar-refractivity contribution in [2.75, 3.05) is 25.2 Å². The zero-order chi connectivity index (χ0) is 13.9. The molecular weight excluding hydrogens is 262 g/mol. The van der Waals surface area contributed by atoms with E-state index in [1.807, 2.05) is 12.1 Å². The Morgan fingerprint density at radius 3 is 2.89 bits per heavy atom. The van der Waals surface area contributed by atoms with Crippen LogP contribution in [0.1, 0.15) is 30.5 Å². The Labute approximate surface area is 115 Å². The zero-order valence-corrected chi connectivity index (χ0v) is 12.3. The maximum absolute atomic E-state index is 11.1. The molecule has 0 spiro atoms. The van der Waals surface area contributed by atoms with E-state index in [0.29, 0.717) is 6.04 Å². The van der Waals surface area contributed by atoms with Gasteiger partial charge < -0.3 is 10.1 Å². The van der Waals surface area contributed by atoms with Gasteiger partial charge in [-0.2, -0.15) is 0 Å². The molecule has 0 radical (unpaired) electrons. The van der Waals surface area contributed by atoms with Crippen LogP contribution < -0.4 is 10.1 Å². The van der Waals surface area contributed by atoms with Crippen molar-refractivity contribution in [1.29, 1.82) is 0 Å². The van der Waals surface area contributed by atoms with Crippen LogP contribution in [0, 0.1) is 0 Å². The van der Waals surface area contributed by atoms with E-state index in [4.69, 9.17) is 4.74 Å². The van der Waals surface area contributed by atoms with Gasteiger partial charge in [-0.05, 0) is 36.6 Å². The van der Waals surface area contributed by atoms with Crippen LogP contribution >= 0.6 is 0 Å². The van der Waals surface area contributed by atoms with Crippen LogP contribution in [0.25, 0.3) is 0 Å². The lowest BCUT2D eigenvalue weighted by Gasteiger charge is -2.14. The number of rotatable bonds is 6. The van der Waals surface area contributed by atoms with E-state index < -0.39 is 9.84 Å². The molecule has 19 heavy (non-hydrogen) atoms. The third kappa shape index (κ3) is 3.70. The molecule has 0 aromatic heterocycles. The number of benzene rings is 1. The van der Waals surface area contributed by atoms with Crippen molar-refractivity contribution >= 4 is 9.84 Å². The largest absolute Gasteiger partial charge is 0.492 e. The molecule has 0 fully saturated rings. The number of fused-ring (bicyclic) bond motifs is 1. The molecule has 1 aliphatic carbocycles. The summed E-state index contributed by atoms with van der Waals surface area (Å²) >= 11 is 0. The van der Waals surface area contributed by atoms with Crippen LogP contribution in [0.4, 0.5) is 0 Å². The minimum absolute atomic E-state index is 0.0628. The molecule has 2 rings (SSSR count). The monoisotopic (exact) mass is 283 g/mol. The molecule has 1 aromatic rings. The molecule has 1 aliphatic rings. The second kappa shape index (κ2) is 5.92. The highest BCUT2D eigenvalue weighted by atomic mass is 32.2. The van der Waals surface area contributed by atoms with Gasteiger partial charge in [0.1, 0.15) is 12.4 Å². The minimum Gasteiger partial charge on any atom is -0.492 e. The summed E-state index contributed by atoms with van der Waals surface area (Å²) in [7, 11) is -2.97. The fourth-order valence-electron chi connectivity index (χ4n) is 2.52. The van der Waals surface area contributed by atoms with Crippen molar-refractivity contribution in [1.82, 2.24) is 5.32 Å². The molecule has 0 amide bonds. The summed E-state index contributed by atoms with van der Waals surface area (Å²) in [6.07, 6.45) is 3.30. The van der Waals surface area contributed by atoms with Gasteiger partial charge in [0.2, 0.25) is 0 Å². The Balaban J connectivity index is 2.07. The summed E-state index contributed by atoms with van der Waals surface area (Å²) in [5, 5.41) is 3.46. The van der Waals surface area contributed by atoms with E-state index in [1.165, 1.54) is 17.4 Å². The third-order valence-electron chi connectivity index (χ3n) is 3.39. The predicted octanol–water partition coefficient (Wildman–Crippen LogP) is 1.71. The summed E-state index contributed by atoms with van der Waals surface area (Å²) in [4.78, 5) is 0. The summed E-state index contributed by atoms with van der Waals surface area (Å²) in [6.45, 7) is 3.27. The lowest BCUT2D eigenvalue weighted by Crippen LogP contribution is -2.18. The van der Waals surface area contributed by atoms with E-state index in [0.717, 1.165) is 25.1 Å². The van der Waals surface area contributed by atoms with E-state index in [-0.39, 0.29) is 12.4 Å². The van der Waals surface area contributed by atoms with Crippen molar-refractivity contribution < 1.29 is 13.2 Å².